The SMILES string of the molecule is CCc1ccccc1NC(=O)CN(C)C(=O)CCl. The molecule has 98 valence electrons. The quantitative estimate of drug-likeness (QED) is 0.829. The second-order valence-electron chi connectivity index (χ2n) is 3.94. The molecular formula is C13H17ClN2O2. The number of hydrogen-bond acceptors (Lipinski definition) is 2. The molecule has 0 bridgehead atoms. The molecule has 0 aliphatic heterocycles. The van der Waals surface area contributed by atoms with Gasteiger partial charge in [-0.25, -0.2) is 0 Å². The van der Waals surface area contributed by atoms with Gasteiger partial charge in [-0.1, -0.05) is 25.1 Å². The molecule has 5 heteroatoms. The molecule has 4 nitrogen and oxygen atoms in total. The number of hydrogen-bond donors (Lipinski definition) is 1. The first kappa shape index (κ1) is 14.5. The third-order valence-electron chi connectivity index (χ3n) is 2.59. The minimum atomic E-state index is -0.268. The predicted molar refractivity (Wildman–Crippen MR) is 72.8 cm³/mol. The van der Waals surface area contributed by atoms with Crippen molar-refractivity contribution in [1.29, 1.82) is 0 Å². The van der Waals surface area contributed by atoms with Crippen LogP contribution in [-0.4, -0.2) is 36.2 Å². The molecule has 0 fully saturated rings. The van der Waals surface area contributed by atoms with Crippen molar-refractivity contribution in [1.82, 2.24) is 4.90 Å². The number of carbonyl (C=O) groups excluding carboxylic acids is 2. The average molecular weight is 269 g/mol. The van der Waals surface area contributed by atoms with Crippen LogP contribution in [0, 0.1) is 0 Å². The smallest absolute Gasteiger partial charge is 0.243 e. The van der Waals surface area contributed by atoms with Crippen LogP contribution < -0.4 is 5.32 Å². The van der Waals surface area contributed by atoms with Crippen LogP contribution in [0.3, 0.4) is 0 Å². The van der Waals surface area contributed by atoms with Gasteiger partial charge in [-0.2, -0.15) is 0 Å². The molecule has 0 saturated carbocycles. The number of likely N-dealkylation sites (N-methyl/N-ethyl adjacent to an activating group) is 1. The Labute approximate surface area is 112 Å². The standard InChI is InChI=1S/C13H17ClN2O2/c1-3-10-6-4-5-7-11(10)15-12(17)9-16(2)13(18)8-14/h4-7H,3,8-9H2,1-2H3,(H,15,17). The van der Waals surface area contributed by atoms with Crippen LogP contribution in [0.5, 0.6) is 0 Å². The Morgan fingerprint density at radius 2 is 2.00 bits per heavy atom. The average Bonchev–Trinajstić information content (AvgIpc) is 2.38. The van der Waals surface area contributed by atoms with Gasteiger partial charge in [-0.15, -0.1) is 11.6 Å². The monoisotopic (exact) mass is 268 g/mol. The van der Waals surface area contributed by atoms with E-state index in [1.165, 1.54) is 4.90 Å². The van der Waals surface area contributed by atoms with Crippen molar-refractivity contribution >= 4 is 29.1 Å². The van der Waals surface area contributed by atoms with Crippen molar-refractivity contribution in [2.24, 2.45) is 0 Å². The fourth-order valence-corrected chi connectivity index (χ4v) is 1.75. The van der Waals surface area contributed by atoms with Crippen molar-refractivity contribution in [3.8, 4) is 0 Å². The van der Waals surface area contributed by atoms with Crippen LogP contribution in [0.25, 0.3) is 0 Å². The van der Waals surface area contributed by atoms with Gasteiger partial charge in [-0.05, 0) is 18.1 Å². The first-order valence-electron chi connectivity index (χ1n) is 5.76. The largest absolute Gasteiger partial charge is 0.335 e. The zero-order valence-electron chi connectivity index (χ0n) is 10.6. The van der Waals surface area contributed by atoms with E-state index >= 15 is 0 Å². The summed E-state index contributed by atoms with van der Waals surface area (Å²) in [7, 11) is 1.55. The molecule has 1 aromatic rings. The molecule has 0 spiro atoms. The Morgan fingerprint density at radius 3 is 2.61 bits per heavy atom. The van der Waals surface area contributed by atoms with Crippen LogP contribution in [0.2, 0.25) is 0 Å². The number of rotatable bonds is 5. The van der Waals surface area contributed by atoms with Gasteiger partial charge in [0.15, 0.2) is 0 Å². The van der Waals surface area contributed by atoms with Gasteiger partial charge in [-0.3, -0.25) is 9.59 Å². The normalized spacial score (nSPS) is 9.94. The number of anilines is 1. The van der Waals surface area contributed by atoms with Crippen molar-refractivity contribution < 1.29 is 9.59 Å². The van der Waals surface area contributed by atoms with Crippen LogP contribution in [0.1, 0.15) is 12.5 Å². The summed E-state index contributed by atoms with van der Waals surface area (Å²) < 4.78 is 0. The number of aryl methyl sites for hydroxylation is 1. The molecule has 0 aliphatic rings. The molecule has 0 unspecified atom stereocenters. The molecule has 1 N–H and O–H groups in total. The highest BCUT2D eigenvalue weighted by molar-refractivity contribution is 6.27. The molecule has 1 aromatic carbocycles. The molecule has 0 heterocycles. The molecule has 0 aromatic heterocycles. The summed E-state index contributed by atoms with van der Waals surface area (Å²) in [6.45, 7) is 2.03. The summed E-state index contributed by atoms with van der Waals surface area (Å²) in [5.74, 6) is -0.609. The number of carbonyl (C=O) groups is 2. The zero-order valence-corrected chi connectivity index (χ0v) is 11.3. The molecule has 2 amide bonds. The number of nitrogens with zero attached hydrogens (tertiary/aromatic N) is 1. The van der Waals surface area contributed by atoms with Gasteiger partial charge < -0.3 is 10.2 Å². The molecule has 18 heavy (non-hydrogen) atoms. The minimum Gasteiger partial charge on any atom is -0.335 e. The van der Waals surface area contributed by atoms with E-state index < -0.39 is 0 Å². The molecule has 0 atom stereocenters. The zero-order chi connectivity index (χ0) is 13.5. The van der Waals surface area contributed by atoms with E-state index in [1.54, 1.807) is 7.05 Å². The number of benzene rings is 1. The summed E-state index contributed by atoms with van der Waals surface area (Å²) in [5, 5.41) is 2.80. The summed E-state index contributed by atoms with van der Waals surface area (Å²) in [6.07, 6.45) is 0.840. The topological polar surface area (TPSA) is 49.4 Å². The van der Waals surface area contributed by atoms with Crippen molar-refractivity contribution in [2.75, 3.05) is 24.8 Å². The summed E-state index contributed by atoms with van der Waals surface area (Å²) >= 11 is 5.42. The van der Waals surface area contributed by atoms with Crippen LogP contribution in [0.15, 0.2) is 24.3 Å². The predicted octanol–water partition coefficient (Wildman–Crippen LogP) is 1.88. The van der Waals surface area contributed by atoms with Crippen molar-refractivity contribution in [2.45, 2.75) is 13.3 Å². The number of amides is 2. The lowest BCUT2D eigenvalue weighted by Gasteiger charge is -2.16. The van der Waals surface area contributed by atoms with Crippen LogP contribution in [-0.2, 0) is 16.0 Å². The third-order valence-corrected chi connectivity index (χ3v) is 2.82. The Balaban J connectivity index is 2.62. The highest BCUT2D eigenvalue weighted by Crippen LogP contribution is 2.15. The second-order valence-corrected chi connectivity index (χ2v) is 4.21. The van der Waals surface area contributed by atoms with Gasteiger partial charge in [0, 0.05) is 12.7 Å². The molecule has 0 saturated heterocycles. The van der Waals surface area contributed by atoms with E-state index in [4.69, 9.17) is 11.6 Å². The van der Waals surface area contributed by atoms with E-state index in [1.807, 2.05) is 31.2 Å². The van der Waals surface area contributed by atoms with Crippen molar-refractivity contribution in [3.63, 3.8) is 0 Å². The lowest BCUT2D eigenvalue weighted by Crippen LogP contribution is -2.35. The maximum Gasteiger partial charge on any atom is 0.243 e. The van der Waals surface area contributed by atoms with E-state index in [2.05, 4.69) is 5.32 Å². The first-order valence-corrected chi connectivity index (χ1v) is 6.29. The van der Waals surface area contributed by atoms with E-state index in [0.717, 1.165) is 17.7 Å². The molecule has 0 aliphatic carbocycles. The number of nitrogens with one attached hydrogen (secondary N) is 1. The van der Waals surface area contributed by atoms with Gasteiger partial charge in [0.2, 0.25) is 11.8 Å². The number of alkyl halides is 1. The minimum absolute atomic E-state index is 0.00357. The molecular weight excluding hydrogens is 252 g/mol. The van der Waals surface area contributed by atoms with Crippen molar-refractivity contribution in [3.05, 3.63) is 29.8 Å². The Morgan fingerprint density at radius 1 is 1.33 bits per heavy atom. The highest BCUT2D eigenvalue weighted by Gasteiger charge is 2.12. The summed E-state index contributed by atoms with van der Waals surface area (Å²) in [5.41, 5.74) is 1.86. The van der Waals surface area contributed by atoms with Crippen LogP contribution >= 0.6 is 11.6 Å². The Bertz CT molecular complexity index is 435. The van der Waals surface area contributed by atoms with E-state index in [-0.39, 0.29) is 24.2 Å². The Kier molecular flexibility index (Phi) is 5.65. The highest BCUT2D eigenvalue weighted by atomic mass is 35.5. The van der Waals surface area contributed by atoms with E-state index in [0.29, 0.717) is 0 Å². The van der Waals surface area contributed by atoms with Gasteiger partial charge in [0.25, 0.3) is 0 Å². The summed E-state index contributed by atoms with van der Waals surface area (Å²) in [6, 6.07) is 7.60. The van der Waals surface area contributed by atoms with E-state index in [9.17, 15) is 9.59 Å². The fourth-order valence-electron chi connectivity index (χ4n) is 1.55. The number of halogens is 1. The molecule has 1 rings (SSSR count). The maximum absolute atomic E-state index is 11.8. The summed E-state index contributed by atoms with van der Waals surface area (Å²) in [4.78, 5) is 24.3. The Hall–Kier alpha value is -1.55. The van der Waals surface area contributed by atoms with Gasteiger partial charge in [0.1, 0.15) is 5.88 Å². The lowest BCUT2D eigenvalue weighted by molar-refractivity contribution is -0.131. The lowest BCUT2D eigenvalue weighted by atomic mass is 10.1. The second kappa shape index (κ2) is 7.01. The number of para-hydroxylation sites is 1. The van der Waals surface area contributed by atoms with Gasteiger partial charge in [0.05, 0.1) is 6.54 Å². The maximum atomic E-state index is 11.8. The molecule has 0 radical (unpaired) electrons. The van der Waals surface area contributed by atoms with Gasteiger partial charge >= 0.3 is 0 Å². The third kappa shape index (κ3) is 4.04. The van der Waals surface area contributed by atoms with Crippen LogP contribution in [0.4, 0.5) is 5.69 Å². The first-order chi connectivity index (χ1) is 8.58. The fraction of sp³-hybridized carbons (Fsp3) is 0.385.